The first-order chi connectivity index (χ1) is 8.19. The molecule has 5 heteroatoms. The van der Waals surface area contributed by atoms with Crippen LogP contribution in [0.25, 0.3) is 0 Å². The van der Waals surface area contributed by atoms with Crippen LogP contribution in [0.3, 0.4) is 0 Å². The predicted molar refractivity (Wildman–Crippen MR) is 76.0 cm³/mol. The normalized spacial score (nSPS) is 20.5. The first-order valence-corrected chi connectivity index (χ1v) is 6.40. The van der Waals surface area contributed by atoms with E-state index in [2.05, 4.69) is 10.2 Å². The van der Waals surface area contributed by atoms with Crippen molar-refractivity contribution in [2.24, 2.45) is 0 Å². The van der Waals surface area contributed by atoms with E-state index in [0.29, 0.717) is 11.1 Å². The van der Waals surface area contributed by atoms with Crippen molar-refractivity contribution in [3.8, 4) is 0 Å². The number of piperidine rings is 1. The van der Waals surface area contributed by atoms with Crippen LogP contribution < -0.4 is 5.32 Å². The molecule has 0 spiro atoms. The molecule has 102 valence electrons. The molecule has 18 heavy (non-hydrogen) atoms. The fourth-order valence-electron chi connectivity index (χ4n) is 2.34. The third-order valence-corrected chi connectivity index (χ3v) is 3.68. The lowest BCUT2D eigenvalue weighted by Crippen LogP contribution is -2.43. The summed E-state index contributed by atoms with van der Waals surface area (Å²) in [6.45, 7) is 2.79. The number of benzene rings is 1. The molecule has 1 fully saturated rings. The Morgan fingerprint density at radius 2 is 2.28 bits per heavy atom. The van der Waals surface area contributed by atoms with Gasteiger partial charge >= 0.3 is 0 Å². The molecular formula is C13H19Cl2FN2. The first kappa shape index (κ1) is 15.7. The van der Waals surface area contributed by atoms with Crippen LogP contribution in [0.2, 0.25) is 5.02 Å². The third-order valence-electron chi connectivity index (χ3n) is 3.32. The molecular weight excluding hydrogens is 274 g/mol. The third kappa shape index (κ3) is 4.09. The highest BCUT2D eigenvalue weighted by atomic mass is 35.5. The lowest BCUT2D eigenvalue weighted by molar-refractivity contribution is 0.188. The Balaban J connectivity index is 0.00000162. The summed E-state index contributed by atoms with van der Waals surface area (Å²) in [4.78, 5) is 2.32. The van der Waals surface area contributed by atoms with E-state index < -0.39 is 0 Å². The van der Waals surface area contributed by atoms with Crippen LogP contribution >= 0.6 is 24.0 Å². The molecule has 1 aromatic carbocycles. The van der Waals surface area contributed by atoms with E-state index in [1.165, 1.54) is 25.0 Å². The Morgan fingerprint density at radius 1 is 1.50 bits per heavy atom. The van der Waals surface area contributed by atoms with Gasteiger partial charge in [-0.2, -0.15) is 0 Å². The van der Waals surface area contributed by atoms with Gasteiger partial charge in [-0.1, -0.05) is 11.6 Å². The number of likely N-dealkylation sites (N-methyl/N-ethyl adjacent to an activating group) is 1. The minimum atomic E-state index is -0.216. The predicted octanol–water partition coefficient (Wildman–Crippen LogP) is 3.08. The molecule has 1 aromatic rings. The second-order valence-electron chi connectivity index (χ2n) is 4.60. The van der Waals surface area contributed by atoms with Crippen molar-refractivity contribution in [1.82, 2.24) is 10.2 Å². The van der Waals surface area contributed by atoms with E-state index in [0.717, 1.165) is 25.2 Å². The van der Waals surface area contributed by atoms with Gasteiger partial charge in [-0.3, -0.25) is 4.90 Å². The van der Waals surface area contributed by atoms with Gasteiger partial charge in [0, 0.05) is 24.2 Å². The van der Waals surface area contributed by atoms with E-state index >= 15 is 0 Å². The van der Waals surface area contributed by atoms with Crippen molar-refractivity contribution in [2.75, 3.05) is 20.1 Å². The number of halogens is 3. The van der Waals surface area contributed by atoms with Gasteiger partial charge in [-0.25, -0.2) is 4.39 Å². The first-order valence-electron chi connectivity index (χ1n) is 6.02. The van der Waals surface area contributed by atoms with Gasteiger partial charge in [0.15, 0.2) is 0 Å². The highest BCUT2D eigenvalue weighted by Crippen LogP contribution is 2.21. The van der Waals surface area contributed by atoms with Crippen LogP contribution in [0.5, 0.6) is 0 Å². The zero-order valence-corrected chi connectivity index (χ0v) is 12.0. The minimum Gasteiger partial charge on any atom is -0.316 e. The van der Waals surface area contributed by atoms with E-state index in [4.69, 9.17) is 11.6 Å². The molecule has 2 nitrogen and oxygen atoms in total. The summed E-state index contributed by atoms with van der Waals surface area (Å²) in [6.07, 6.45) is 2.39. The van der Waals surface area contributed by atoms with Crippen molar-refractivity contribution in [3.05, 3.63) is 34.6 Å². The standard InChI is InChI=1S/C13H18ClFN2.ClH/c1-16-12-3-2-6-17(9-12)8-10-7-11(15)4-5-13(10)14;/h4-5,7,12,16H,2-3,6,8-9H2,1H3;1H. The number of likely N-dealkylation sites (tertiary alicyclic amines) is 1. The second kappa shape index (κ2) is 7.29. The zero-order valence-electron chi connectivity index (χ0n) is 10.5. The molecule has 1 unspecified atom stereocenters. The average Bonchev–Trinajstić information content (AvgIpc) is 2.34. The molecule has 0 aliphatic carbocycles. The number of hydrogen-bond donors (Lipinski definition) is 1. The van der Waals surface area contributed by atoms with Crippen molar-refractivity contribution in [1.29, 1.82) is 0 Å². The molecule has 1 saturated heterocycles. The van der Waals surface area contributed by atoms with Gasteiger partial charge in [-0.05, 0) is 50.2 Å². The van der Waals surface area contributed by atoms with Crippen LogP contribution in [0.15, 0.2) is 18.2 Å². The van der Waals surface area contributed by atoms with Crippen LogP contribution in [0.4, 0.5) is 4.39 Å². The van der Waals surface area contributed by atoms with Gasteiger partial charge < -0.3 is 5.32 Å². The number of nitrogens with zero attached hydrogens (tertiary/aromatic N) is 1. The molecule has 1 aliphatic heterocycles. The minimum absolute atomic E-state index is 0. The van der Waals surface area contributed by atoms with E-state index in [1.54, 1.807) is 6.07 Å². The topological polar surface area (TPSA) is 15.3 Å². The highest BCUT2D eigenvalue weighted by Gasteiger charge is 2.19. The summed E-state index contributed by atoms with van der Waals surface area (Å²) in [5.74, 6) is -0.216. The quantitative estimate of drug-likeness (QED) is 0.921. The van der Waals surface area contributed by atoms with E-state index in [9.17, 15) is 4.39 Å². The van der Waals surface area contributed by atoms with Gasteiger partial charge in [0.2, 0.25) is 0 Å². The fraction of sp³-hybridized carbons (Fsp3) is 0.538. The Morgan fingerprint density at radius 3 is 3.00 bits per heavy atom. The Labute approximate surface area is 119 Å². The average molecular weight is 293 g/mol. The smallest absolute Gasteiger partial charge is 0.123 e. The van der Waals surface area contributed by atoms with Crippen molar-refractivity contribution >= 4 is 24.0 Å². The lowest BCUT2D eigenvalue weighted by Gasteiger charge is -2.32. The second-order valence-corrected chi connectivity index (χ2v) is 5.01. The molecule has 1 atom stereocenters. The Hall–Kier alpha value is -0.350. The maximum atomic E-state index is 13.2. The molecule has 0 radical (unpaired) electrons. The van der Waals surface area contributed by atoms with Crippen LogP contribution in [0.1, 0.15) is 18.4 Å². The van der Waals surface area contributed by atoms with E-state index in [-0.39, 0.29) is 18.2 Å². The number of hydrogen-bond acceptors (Lipinski definition) is 2. The summed E-state index contributed by atoms with van der Waals surface area (Å²) >= 11 is 6.08. The van der Waals surface area contributed by atoms with Gasteiger partial charge in [0.25, 0.3) is 0 Å². The molecule has 0 saturated carbocycles. The largest absolute Gasteiger partial charge is 0.316 e. The maximum absolute atomic E-state index is 13.2. The molecule has 0 bridgehead atoms. The SMILES string of the molecule is CNC1CCCN(Cc2cc(F)ccc2Cl)C1.Cl. The summed E-state index contributed by atoms with van der Waals surface area (Å²) in [5.41, 5.74) is 0.878. The summed E-state index contributed by atoms with van der Waals surface area (Å²) in [5, 5.41) is 3.95. The van der Waals surface area contributed by atoms with Crippen LogP contribution in [0, 0.1) is 5.82 Å². The molecule has 0 aromatic heterocycles. The van der Waals surface area contributed by atoms with E-state index in [1.807, 2.05) is 7.05 Å². The molecule has 1 aliphatic rings. The van der Waals surface area contributed by atoms with Crippen LogP contribution in [-0.2, 0) is 6.54 Å². The van der Waals surface area contributed by atoms with Crippen molar-refractivity contribution in [2.45, 2.75) is 25.4 Å². The summed E-state index contributed by atoms with van der Waals surface area (Å²) in [6, 6.07) is 5.10. The highest BCUT2D eigenvalue weighted by molar-refractivity contribution is 6.31. The fourth-order valence-corrected chi connectivity index (χ4v) is 2.52. The molecule has 1 N–H and O–H groups in total. The number of rotatable bonds is 3. The maximum Gasteiger partial charge on any atom is 0.123 e. The van der Waals surface area contributed by atoms with Crippen LogP contribution in [-0.4, -0.2) is 31.1 Å². The van der Waals surface area contributed by atoms with Crippen molar-refractivity contribution < 1.29 is 4.39 Å². The molecule has 2 rings (SSSR count). The molecule has 0 amide bonds. The number of nitrogens with one attached hydrogen (secondary N) is 1. The Bertz CT molecular complexity index is 387. The zero-order chi connectivity index (χ0) is 12.3. The van der Waals surface area contributed by atoms with Gasteiger partial charge in [0.05, 0.1) is 0 Å². The van der Waals surface area contributed by atoms with Gasteiger partial charge in [-0.15, -0.1) is 12.4 Å². The van der Waals surface area contributed by atoms with Gasteiger partial charge in [0.1, 0.15) is 5.82 Å². The summed E-state index contributed by atoms with van der Waals surface area (Å²) in [7, 11) is 1.99. The van der Waals surface area contributed by atoms with Crippen molar-refractivity contribution in [3.63, 3.8) is 0 Å². The Kier molecular flexibility index (Phi) is 6.36. The summed E-state index contributed by atoms with van der Waals surface area (Å²) < 4.78 is 13.2. The molecule has 1 heterocycles. The lowest BCUT2D eigenvalue weighted by atomic mass is 10.1. The monoisotopic (exact) mass is 292 g/mol.